The second-order valence-electron chi connectivity index (χ2n) is 10.1. The predicted octanol–water partition coefficient (Wildman–Crippen LogP) is 10.4. The molecule has 0 spiro atoms. The molecule has 0 bridgehead atoms. The quantitative estimate of drug-likeness (QED) is 0.0674. The van der Waals surface area contributed by atoms with Crippen molar-refractivity contribution in [3.05, 3.63) is 125 Å². The molecule has 0 radical (unpaired) electrons. The Labute approximate surface area is 267 Å². The van der Waals surface area contributed by atoms with Gasteiger partial charge in [0.05, 0.1) is 12.1 Å². The van der Waals surface area contributed by atoms with Crippen LogP contribution in [0.15, 0.2) is 89.0 Å². The van der Waals surface area contributed by atoms with E-state index in [4.69, 9.17) is 0 Å². The van der Waals surface area contributed by atoms with Gasteiger partial charge in [-0.05, 0) is 84.1 Å². The van der Waals surface area contributed by atoms with Gasteiger partial charge in [0.1, 0.15) is 40.4 Å². The molecular weight excluding hydrogens is 654 g/mol. The molecule has 0 atom stereocenters. The smallest absolute Gasteiger partial charge is 0.429 e. The van der Waals surface area contributed by atoms with Crippen LogP contribution in [-0.4, -0.2) is 19.1 Å². The first-order valence-corrected chi connectivity index (χ1v) is 13.8. The number of hydrogen-bond acceptors (Lipinski definition) is 3. The fourth-order valence-corrected chi connectivity index (χ4v) is 4.53. The van der Waals surface area contributed by atoms with E-state index >= 15 is 17.6 Å². The maximum atomic E-state index is 15.1. The third-order valence-electron chi connectivity index (χ3n) is 6.68. The lowest BCUT2D eigenvalue weighted by Crippen LogP contribution is -2.25. The molecule has 0 saturated carbocycles. The molecule has 0 saturated heterocycles. The maximum Gasteiger partial charge on any atom is 0.458 e. The highest BCUT2D eigenvalue weighted by molar-refractivity contribution is 5.86. The fourth-order valence-electron chi connectivity index (χ4n) is 4.53. The number of aliphatic imine (C=N–C) groups is 2. The number of halogens is 10. The van der Waals surface area contributed by atoms with Gasteiger partial charge < -0.3 is 4.74 Å². The molecule has 13 heteroatoms. The minimum atomic E-state index is -5.04. The van der Waals surface area contributed by atoms with Crippen molar-refractivity contribution in [1.29, 1.82) is 0 Å². The summed E-state index contributed by atoms with van der Waals surface area (Å²) in [6.45, 7) is 7.07. The van der Waals surface area contributed by atoms with E-state index in [-0.39, 0.29) is 12.1 Å². The molecule has 0 fully saturated rings. The lowest BCUT2D eigenvalue weighted by atomic mass is 10.0. The molecule has 4 aromatic carbocycles. The van der Waals surface area contributed by atoms with Crippen molar-refractivity contribution >= 4 is 23.7 Å². The van der Waals surface area contributed by atoms with E-state index in [1.54, 1.807) is 6.08 Å². The van der Waals surface area contributed by atoms with Crippen LogP contribution in [0.1, 0.15) is 29.5 Å². The second kappa shape index (κ2) is 14.6. The number of hydrogen-bond donors (Lipinski definition) is 0. The average Bonchev–Trinajstić information content (AvgIpc) is 2.98. The van der Waals surface area contributed by atoms with Crippen molar-refractivity contribution in [2.75, 3.05) is 0 Å². The van der Waals surface area contributed by atoms with E-state index in [0.29, 0.717) is 42.7 Å². The molecule has 248 valence electrons. The van der Waals surface area contributed by atoms with Crippen LogP contribution in [0.2, 0.25) is 0 Å². The Morgan fingerprint density at radius 2 is 1.56 bits per heavy atom. The number of nitrogens with zero attached hydrogens (tertiary/aromatic N) is 2. The molecule has 3 nitrogen and oxygen atoms in total. The normalized spacial score (nSPS) is 12.2. The van der Waals surface area contributed by atoms with Crippen LogP contribution < -0.4 is 4.74 Å². The second-order valence-corrected chi connectivity index (χ2v) is 10.1. The van der Waals surface area contributed by atoms with Gasteiger partial charge in [0.15, 0.2) is 0 Å². The molecule has 0 N–H and O–H groups in total. The lowest BCUT2D eigenvalue weighted by Gasteiger charge is -2.20. The molecule has 0 aromatic heterocycles. The van der Waals surface area contributed by atoms with E-state index in [2.05, 4.69) is 28.0 Å². The monoisotopic (exact) mass is 676 g/mol. The van der Waals surface area contributed by atoms with Gasteiger partial charge in [-0.1, -0.05) is 24.1 Å². The van der Waals surface area contributed by atoms with Gasteiger partial charge in [-0.3, -0.25) is 9.98 Å². The fraction of sp³-hybridized carbons (Fsp3) is 0.143. The average molecular weight is 677 g/mol. The topological polar surface area (TPSA) is 34.0 Å². The van der Waals surface area contributed by atoms with Crippen LogP contribution >= 0.6 is 0 Å². The van der Waals surface area contributed by atoms with Crippen LogP contribution in [0.5, 0.6) is 5.75 Å². The highest BCUT2D eigenvalue weighted by Crippen LogP contribution is 2.38. The van der Waals surface area contributed by atoms with Crippen molar-refractivity contribution in [1.82, 2.24) is 0 Å². The van der Waals surface area contributed by atoms with Crippen LogP contribution in [0.25, 0.3) is 21.9 Å². The number of ether oxygens (including phenoxy) is 1. The molecule has 0 aliphatic carbocycles. The van der Waals surface area contributed by atoms with Crippen molar-refractivity contribution < 1.29 is 48.6 Å². The van der Waals surface area contributed by atoms with Crippen molar-refractivity contribution in [3.63, 3.8) is 0 Å². The first kappa shape index (κ1) is 35.5. The van der Waals surface area contributed by atoms with Gasteiger partial charge in [0, 0.05) is 29.3 Å². The van der Waals surface area contributed by atoms with E-state index in [0.717, 1.165) is 29.7 Å². The molecule has 4 aromatic rings. The summed E-state index contributed by atoms with van der Waals surface area (Å²) in [5, 5.41) is -0.912. The van der Waals surface area contributed by atoms with Gasteiger partial charge in [0.25, 0.3) is 0 Å². The van der Waals surface area contributed by atoms with Crippen LogP contribution in [0.3, 0.4) is 0 Å². The summed E-state index contributed by atoms with van der Waals surface area (Å²) in [4.78, 5) is 7.92. The van der Waals surface area contributed by atoms with Crippen molar-refractivity contribution in [2.24, 2.45) is 9.98 Å². The summed E-state index contributed by atoms with van der Waals surface area (Å²) in [7, 11) is 0. The molecular formula is C35H22F10N2O. The molecule has 4 rings (SSSR count). The zero-order valence-corrected chi connectivity index (χ0v) is 24.5. The standard InChI is InChI=1S/C35H22F10N2O/c1-3-4-5-21(17-46-2)19-47-18-20-6-8-25(28(36)12-20)23-15-30(38)32(31(39)16-23)35(44,45)48-24-7-9-26-22(13-24)14-29(37)27(33(26)40)10-11-34(41,42)43/h3,6-9,12-17,19H,1-2,4-5,18H2/b21-17-,47-19?. The van der Waals surface area contributed by atoms with Gasteiger partial charge in [0.2, 0.25) is 0 Å². The minimum absolute atomic E-state index is 0.0480. The third-order valence-corrected chi connectivity index (χ3v) is 6.68. The highest BCUT2D eigenvalue weighted by atomic mass is 19.4. The van der Waals surface area contributed by atoms with E-state index in [1.165, 1.54) is 30.5 Å². The SMILES string of the molecule is C=CCC/C(C=NCc1ccc(-c2cc(F)c(C(F)(F)Oc3ccc4c(F)c(C#CC(F)(F)F)c(F)cc4c3)c(F)c2)c(F)c1)=C/N=C. The summed E-state index contributed by atoms with van der Waals surface area (Å²) in [5.74, 6) is -6.21. The minimum Gasteiger partial charge on any atom is -0.429 e. The van der Waals surface area contributed by atoms with Crippen LogP contribution in [0.4, 0.5) is 43.9 Å². The van der Waals surface area contributed by atoms with E-state index < -0.39 is 74.6 Å². The van der Waals surface area contributed by atoms with Gasteiger partial charge in [-0.25, -0.2) is 22.0 Å². The Kier molecular flexibility index (Phi) is 10.8. The maximum absolute atomic E-state index is 15.1. The third kappa shape index (κ3) is 8.50. The number of alkyl halides is 5. The van der Waals surface area contributed by atoms with Crippen molar-refractivity contribution in [2.45, 2.75) is 31.7 Å². The number of fused-ring (bicyclic) bond motifs is 1. The molecule has 0 aliphatic heterocycles. The number of rotatable bonds is 11. The summed E-state index contributed by atoms with van der Waals surface area (Å²) >= 11 is 0. The van der Waals surface area contributed by atoms with E-state index in [1.807, 2.05) is 0 Å². The van der Waals surface area contributed by atoms with Crippen LogP contribution in [0, 0.1) is 40.9 Å². The first-order chi connectivity index (χ1) is 22.6. The predicted molar refractivity (Wildman–Crippen MR) is 162 cm³/mol. The molecule has 0 unspecified atom stereocenters. The first-order valence-electron chi connectivity index (χ1n) is 13.8. The highest BCUT2D eigenvalue weighted by Gasteiger charge is 2.41. The summed E-state index contributed by atoms with van der Waals surface area (Å²) in [6, 6.07) is 7.44. The Hall–Kier alpha value is -5.38. The number of allylic oxidation sites excluding steroid dienone is 2. The Balaban J connectivity index is 1.57. The molecule has 0 amide bonds. The van der Waals surface area contributed by atoms with Gasteiger partial charge >= 0.3 is 12.3 Å². The zero-order chi connectivity index (χ0) is 35.2. The van der Waals surface area contributed by atoms with Gasteiger partial charge in [-0.15, -0.1) is 6.58 Å². The molecule has 0 heterocycles. The Bertz CT molecular complexity index is 1980. The van der Waals surface area contributed by atoms with Crippen molar-refractivity contribution in [3.8, 4) is 28.7 Å². The summed E-state index contributed by atoms with van der Waals surface area (Å²) in [6.07, 6.45) is -3.68. The number of benzene rings is 4. The zero-order valence-electron chi connectivity index (χ0n) is 24.5. The summed E-state index contributed by atoms with van der Waals surface area (Å²) in [5.41, 5.74) is -2.57. The largest absolute Gasteiger partial charge is 0.458 e. The Morgan fingerprint density at radius 1 is 0.854 bits per heavy atom. The van der Waals surface area contributed by atoms with E-state index in [9.17, 15) is 26.3 Å². The van der Waals surface area contributed by atoms with Gasteiger partial charge in [-0.2, -0.15) is 22.0 Å². The van der Waals surface area contributed by atoms with Crippen LogP contribution in [-0.2, 0) is 12.7 Å². The molecule has 48 heavy (non-hydrogen) atoms. The Morgan fingerprint density at radius 3 is 2.19 bits per heavy atom. The lowest BCUT2D eigenvalue weighted by molar-refractivity contribution is -0.189. The molecule has 0 aliphatic rings. The summed E-state index contributed by atoms with van der Waals surface area (Å²) < 4.78 is 146.